The van der Waals surface area contributed by atoms with E-state index >= 15 is 0 Å². The van der Waals surface area contributed by atoms with Gasteiger partial charge in [0.15, 0.2) is 5.96 Å². The maximum absolute atomic E-state index is 13.0. The van der Waals surface area contributed by atoms with Gasteiger partial charge < -0.3 is 15.5 Å². The molecule has 0 bridgehead atoms. The molecule has 26 heavy (non-hydrogen) atoms. The smallest absolute Gasteiger partial charge is 0.191 e. The van der Waals surface area contributed by atoms with Crippen LogP contribution in [0.25, 0.3) is 0 Å². The van der Waals surface area contributed by atoms with Gasteiger partial charge in [-0.15, -0.1) is 24.0 Å². The van der Waals surface area contributed by atoms with Crippen LogP contribution in [-0.2, 0) is 6.42 Å². The van der Waals surface area contributed by atoms with Gasteiger partial charge in [-0.3, -0.25) is 4.99 Å². The second-order valence-electron chi connectivity index (χ2n) is 6.28. The van der Waals surface area contributed by atoms with Gasteiger partial charge in [0.05, 0.1) is 0 Å². The van der Waals surface area contributed by atoms with Crippen molar-refractivity contribution in [2.75, 3.05) is 37.6 Å². The summed E-state index contributed by atoms with van der Waals surface area (Å²) in [7, 11) is 0. The Morgan fingerprint density at radius 2 is 1.62 bits per heavy atom. The third-order valence-corrected chi connectivity index (χ3v) is 4.54. The molecule has 2 aromatic carbocycles. The number of nitrogens with two attached hydrogens (primary N) is 1. The standard InChI is InChI=1S/C20H25FN4.HI/c21-18-8-10-19(11-9-18)24-13-15-25(16-14-24)20(22)23-12-4-7-17-5-2-1-3-6-17;/h1-3,5-6,8-11H,4,7,12-16H2,(H2,22,23);1H. The lowest BCUT2D eigenvalue weighted by Gasteiger charge is -2.36. The zero-order chi connectivity index (χ0) is 17.5. The average Bonchev–Trinajstić information content (AvgIpc) is 2.67. The number of halogens is 2. The first-order valence-electron chi connectivity index (χ1n) is 8.82. The third kappa shape index (κ3) is 5.86. The predicted octanol–water partition coefficient (Wildman–Crippen LogP) is 3.51. The van der Waals surface area contributed by atoms with Gasteiger partial charge in [-0.2, -0.15) is 0 Å². The molecule has 0 atom stereocenters. The van der Waals surface area contributed by atoms with Gasteiger partial charge in [0.25, 0.3) is 0 Å². The predicted molar refractivity (Wildman–Crippen MR) is 117 cm³/mol. The summed E-state index contributed by atoms with van der Waals surface area (Å²) in [4.78, 5) is 8.90. The van der Waals surface area contributed by atoms with Gasteiger partial charge in [0.1, 0.15) is 5.82 Å². The quantitative estimate of drug-likeness (QED) is 0.316. The van der Waals surface area contributed by atoms with Crippen molar-refractivity contribution in [2.45, 2.75) is 12.8 Å². The van der Waals surface area contributed by atoms with Crippen molar-refractivity contribution in [3.05, 3.63) is 66.0 Å². The molecule has 0 saturated carbocycles. The molecule has 6 heteroatoms. The monoisotopic (exact) mass is 468 g/mol. The summed E-state index contributed by atoms with van der Waals surface area (Å²) in [6.45, 7) is 4.16. The lowest BCUT2D eigenvalue weighted by atomic mass is 10.1. The number of benzene rings is 2. The molecule has 2 aromatic rings. The molecule has 1 aliphatic rings. The van der Waals surface area contributed by atoms with E-state index < -0.39 is 0 Å². The molecule has 1 aliphatic heterocycles. The van der Waals surface area contributed by atoms with Crippen molar-refractivity contribution in [3.63, 3.8) is 0 Å². The fourth-order valence-electron chi connectivity index (χ4n) is 3.07. The molecular formula is C20H26FIN4. The van der Waals surface area contributed by atoms with Crippen molar-refractivity contribution >= 4 is 35.6 Å². The number of hydrogen-bond acceptors (Lipinski definition) is 2. The lowest BCUT2D eigenvalue weighted by molar-refractivity contribution is 0.380. The number of piperazine rings is 1. The number of rotatable bonds is 5. The Kier molecular flexibility index (Phi) is 8.15. The first-order chi connectivity index (χ1) is 12.2. The van der Waals surface area contributed by atoms with Gasteiger partial charge in [0, 0.05) is 38.4 Å². The lowest BCUT2D eigenvalue weighted by Crippen LogP contribution is -2.51. The Balaban J connectivity index is 0.00000243. The second kappa shape index (κ2) is 10.4. The Bertz CT molecular complexity index is 683. The van der Waals surface area contributed by atoms with Crippen molar-refractivity contribution in [1.29, 1.82) is 0 Å². The normalized spacial score (nSPS) is 14.9. The molecule has 0 spiro atoms. The minimum Gasteiger partial charge on any atom is -0.370 e. The highest BCUT2D eigenvalue weighted by atomic mass is 127. The van der Waals surface area contributed by atoms with Crippen LogP contribution >= 0.6 is 24.0 Å². The van der Waals surface area contributed by atoms with Crippen LogP contribution in [0.4, 0.5) is 10.1 Å². The zero-order valence-electron chi connectivity index (χ0n) is 14.9. The van der Waals surface area contributed by atoms with Crippen LogP contribution in [0.2, 0.25) is 0 Å². The molecule has 2 N–H and O–H groups in total. The van der Waals surface area contributed by atoms with Crippen LogP contribution in [0.3, 0.4) is 0 Å². The highest BCUT2D eigenvalue weighted by molar-refractivity contribution is 14.0. The fraction of sp³-hybridized carbons (Fsp3) is 0.350. The van der Waals surface area contributed by atoms with Crippen molar-refractivity contribution in [1.82, 2.24) is 4.90 Å². The van der Waals surface area contributed by atoms with E-state index in [1.165, 1.54) is 17.7 Å². The summed E-state index contributed by atoms with van der Waals surface area (Å²) >= 11 is 0. The van der Waals surface area contributed by atoms with Crippen molar-refractivity contribution in [3.8, 4) is 0 Å². The number of anilines is 1. The minimum atomic E-state index is -0.200. The van der Waals surface area contributed by atoms with E-state index in [1.807, 2.05) is 18.2 Å². The largest absolute Gasteiger partial charge is 0.370 e. The Hall–Kier alpha value is -1.83. The van der Waals surface area contributed by atoms with Crippen molar-refractivity contribution in [2.24, 2.45) is 10.7 Å². The van der Waals surface area contributed by atoms with Crippen LogP contribution in [0.5, 0.6) is 0 Å². The summed E-state index contributed by atoms with van der Waals surface area (Å²) in [5, 5.41) is 0. The SMILES string of the molecule is I.NC(=NCCCc1ccccc1)N1CCN(c2ccc(F)cc2)CC1. The average molecular weight is 468 g/mol. The second-order valence-corrected chi connectivity index (χ2v) is 6.28. The molecule has 3 rings (SSSR count). The molecule has 1 saturated heterocycles. The topological polar surface area (TPSA) is 44.9 Å². The van der Waals surface area contributed by atoms with E-state index in [0.717, 1.165) is 51.3 Å². The van der Waals surface area contributed by atoms with E-state index in [9.17, 15) is 4.39 Å². The number of nitrogens with zero attached hydrogens (tertiary/aromatic N) is 3. The molecule has 0 radical (unpaired) electrons. The summed E-state index contributed by atoms with van der Waals surface area (Å²) in [5.74, 6) is 0.432. The first-order valence-corrected chi connectivity index (χ1v) is 8.82. The van der Waals surface area contributed by atoms with Crippen LogP contribution in [0, 0.1) is 5.82 Å². The van der Waals surface area contributed by atoms with Gasteiger partial charge in [-0.25, -0.2) is 4.39 Å². The van der Waals surface area contributed by atoms with Crippen LogP contribution in [0.1, 0.15) is 12.0 Å². The third-order valence-electron chi connectivity index (χ3n) is 4.54. The fourth-order valence-corrected chi connectivity index (χ4v) is 3.07. The minimum absolute atomic E-state index is 0. The Labute approximate surface area is 171 Å². The zero-order valence-corrected chi connectivity index (χ0v) is 17.2. The number of aryl methyl sites for hydroxylation is 1. The summed E-state index contributed by atoms with van der Waals surface area (Å²) in [6, 6.07) is 17.1. The van der Waals surface area contributed by atoms with Crippen LogP contribution < -0.4 is 10.6 Å². The summed E-state index contributed by atoms with van der Waals surface area (Å²) in [5.41, 5.74) is 8.53. The molecule has 0 amide bonds. The van der Waals surface area contributed by atoms with Gasteiger partial charge in [-0.1, -0.05) is 30.3 Å². The van der Waals surface area contributed by atoms with Gasteiger partial charge in [0.2, 0.25) is 0 Å². The number of hydrogen-bond donors (Lipinski definition) is 1. The van der Waals surface area contributed by atoms with Gasteiger partial charge in [-0.05, 0) is 42.7 Å². The van der Waals surface area contributed by atoms with E-state index in [0.29, 0.717) is 5.96 Å². The number of guanidine groups is 1. The molecule has 0 aromatic heterocycles. The van der Waals surface area contributed by atoms with E-state index in [1.54, 1.807) is 0 Å². The van der Waals surface area contributed by atoms with E-state index in [-0.39, 0.29) is 29.8 Å². The highest BCUT2D eigenvalue weighted by Crippen LogP contribution is 2.16. The molecule has 4 nitrogen and oxygen atoms in total. The molecule has 0 aliphatic carbocycles. The molecule has 1 heterocycles. The summed E-state index contributed by atoms with van der Waals surface area (Å²) < 4.78 is 13.0. The summed E-state index contributed by atoms with van der Waals surface area (Å²) in [6.07, 6.45) is 2.02. The van der Waals surface area contributed by atoms with E-state index in [2.05, 4.69) is 39.1 Å². The van der Waals surface area contributed by atoms with Crippen molar-refractivity contribution < 1.29 is 4.39 Å². The first kappa shape index (κ1) is 20.5. The maximum Gasteiger partial charge on any atom is 0.191 e. The number of aliphatic imine (C=N–C) groups is 1. The molecule has 1 fully saturated rings. The van der Waals surface area contributed by atoms with Crippen LogP contribution in [0.15, 0.2) is 59.6 Å². The molecule has 140 valence electrons. The Morgan fingerprint density at radius 3 is 2.27 bits per heavy atom. The van der Waals surface area contributed by atoms with E-state index in [4.69, 9.17) is 5.73 Å². The molecular weight excluding hydrogens is 442 g/mol. The van der Waals surface area contributed by atoms with Crippen LogP contribution in [-0.4, -0.2) is 43.6 Å². The highest BCUT2D eigenvalue weighted by Gasteiger charge is 2.18. The molecule has 0 unspecified atom stereocenters. The Morgan fingerprint density at radius 1 is 0.962 bits per heavy atom. The maximum atomic E-state index is 13.0. The van der Waals surface area contributed by atoms with Gasteiger partial charge >= 0.3 is 0 Å².